The molecule has 3 aromatic rings. The first kappa shape index (κ1) is 17.3. The van der Waals surface area contributed by atoms with Crippen LogP contribution in [0, 0.1) is 6.92 Å². The van der Waals surface area contributed by atoms with Gasteiger partial charge in [0.25, 0.3) is 0 Å². The molecule has 1 amide bonds. The molecule has 2 aromatic carbocycles. The van der Waals surface area contributed by atoms with Gasteiger partial charge in [0.15, 0.2) is 0 Å². The number of rotatable bonds is 5. The van der Waals surface area contributed by atoms with Crippen LogP contribution in [0.3, 0.4) is 0 Å². The molecule has 8 heteroatoms. The Morgan fingerprint density at radius 3 is 2.68 bits per heavy atom. The van der Waals surface area contributed by atoms with Gasteiger partial charge in [0.05, 0.1) is 0 Å². The van der Waals surface area contributed by atoms with Crippen molar-refractivity contribution in [3.05, 3.63) is 64.7 Å². The number of hydrogen-bond donors (Lipinski definition) is 3. The molecule has 0 saturated heterocycles. The topological polar surface area (TPSA) is 96.7 Å². The molecule has 4 N–H and O–H groups in total. The Morgan fingerprint density at radius 1 is 1.28 bits per heavy atom. The summed E-state index contributed by atoms with van der Waals surface area (Å²) in [5.74, 6) is 0.0135. The molecule has 0 saturated carbocycles. The Balaban J connectivity index is 1.85. The van der Waals surface area contributed by atoms with Gasteiger partial charge in [-0.25, -0.2) is 5.10 Å². The molecule has 0 aliphatic rings. The van der Waals surface area contributed by atoms with E-state index in [1.165, 1.54) is 11.8 Å². The predicted octanol–water partition coefficient (Wildman–Crippen LogP) is 3.82. The fourth-order valence-electron chi connectivity index (χ4n) is 2.20. The van der Waals surface area contributed by atoms with Gasteiger partial charge < -0.3 is 11.1 Å². The van der Waals surface area contributed by atoms with Crippen LogP contribution in [0.4, 0.5) is 11.6 Å². The number of thioether (sulfide) groups is 1. The van der Waals surface area contributed by atoms with E-state index in [0.717, 1.165) is 11.1 Å². The zero-order valence-corrected chi connectivity index (χ0v) is 14.9. The largest absolute Gasteiger partial charge is 0.368 e. The third kappa shape index (κ3) is 4.32. The normalized spacial score (nSPS) is 11.9. The van der Waals surface area contributed by atoms with Crippen LogP contribution >= 0.6 is 23.4 Å². The monoisotopic (exact) mass is 373 g/mol. The molecule has 0 bridgehead atoms. The van der Waals surface area contributed by atoms with E-state index >= 15 is 0 Å². The Kier molecular flexibility index (Phi) is 5.25. The molecule has 0 radical (unpaired) electrons. The van der Waals surface area contributed by atoms with E-state index in [9.17, 15) is 4.79 Å². The van der Waals surface area contributed by atoms with Crippen LogP contribution in [-0.2, 0) is 4.79 Å². The third-order valence-electron chi connectivity index (χ3n) is 3.49. The fraction of sp³-hybridized carbons (Fsp3) is 0.118. The minimum atomic E-state index is -0.531. The average molecular weight is 374 g/mol. The lowest BCUT2D eigenvalue weighted by atomic mass is 10.1. The van der Waals surface area contributed by atoms with Gasteiger partial charge in [0, 0.05) is 10.7 Å². The van der Waals surface area contributed by atoms with Crippen molar-refractivity contribution < 1.29 is 4.79 Å². The second kappa shape index (κ2) is 7.58. The average Bonchev–Trinajstić information content (AvgIpc) is 3.02. The lowest BCUT2D eigenvalue weighted by molar-refractivity contribution is -0.115. The summed E-state index contributed by atoms with van der Waals surface area (Å²) in [6.07, 6.45) is 0. The molecule has 0 aliphatic carbocycles. The molecule has 1 atom stereocenters. The van der Waals surface area contributed by atoms with E-state index < -0.39 is 5.25 Å². The number of nitrogen functional groups attached to an aromatic ring is 1. The molecular formula is C17H16ClN5OS. The third-order valence-corrected chi connectivity index (χ3v) is 5.01. The van der Waals surface area contributed by atoms with Gasteiger partial charge in [0.1, 0.15) is 5.25 Å². The summed E-state index contributed by atoms with van der Waals surface area (Å²) in [4.78, 5) is 16.9. The smallest absolute Gasteiger partial charge is 0.242 e. The summed E-state index contributed by atoms with van der Waals surface area (Å²) in [5, 5.41) is 9.94. The highest BCUT2D eigenvalue weighted by Gasteiger charge is 2.24. The number of amides is 1. The number of aryl methyl sites for hydroxylation is 1. The van der Waals surface area contributed by atoms with E-state index in [-0.39, 0.29) is 11.9 Å². The molecule has 0 fully saturated rings. The van der Waals surface area contributed by atoms with Gasteiger partial charge >= 0.3 is 0 Å². The van der Waals surface area contributed by atoms with Crippen molar-refractivity contribution in [3.8, 4) is 0 Å². The van der Waals surface area contributed by atoms with Crippen LogP contribution in [-0.4, -0.2) is 21.1 Å². The van der Waals surface area contributed by atoms with Gasteiger partial charge in [-0.15, -0.1) is 5.10 Å². The van der Waals surface area contributed by atoms with Crippen LogP contribution in [0.5, 0.6) is 0 Å². The number of aromatic amines is 1. The number of carbonyl (C=O) groups excluding carboxylic acids is 1. The van der Waals surface area contributed by atoms with Gasteiger partial charge in [-0.1, -0.05) is 59.8 Å². The second-order valence-corrected chi connectivity index (χ2v) is 6.84. The lowest BCUT2D eigenvalue weighted by Crippen LogP contribution is -2.19. The van der Waals surface area contributed by atoms with E-state index in [1.54, 1.807) is 6.07 Å². The first-order valence-electron chi connectivity index (χ1n) is 7.49. The molecular weight excluding hydrogens is 358 g/mol. The number of benzene rings is 2. The maximum atomic E-state index is 12.8. The highest BCUT2D eigenvalue weighted by Crippen LogP contribution is 2.34. The Hall–Kier alpha value is -2.51. The SMILES string of the molecule is Cc1ccc(NC(=O)[C@@H](Sc2n[nH]c(N)n2)c2ccccc2)cc1Cl. The van der Waals surface area contributed by atoms with Crippen molar-refractivity contribution in [2.24, 2.45) is 0 Å². The molecule has 6 nitrogen and oxygen atoms in total. The Labute approximate surface area is 154 Å². The number of hydrogen-bond acceptors (Lipinski definition) is 5. The molecule has 1 aromatic heterocycles. The Bertz CT molecular complexity index is 884. The maximum absolute atomic E-state index is 12.8. The number of nitrogens with two attached hydrogens (primary N) is 1. The number of nitrogens with zero attached hydrogens (tertiary/aromatic N) is 2. The zero-order chi connectivity index (χ0) is 17.8. The molecule has 0 spiro atoms. The van der Waals surface area contributed by atoms with Crippen molar-refractivity contribution in [3.63, 3.8) is 0 Å². The van der Waals surface area contributed by atoms with Crippen molar-refractivity contribution >= 4 is 40.9 Å². The number of halogens is 1. The maximum Gasteiger partial charge on any atom is 0.242 e. The summed E-state index contributed by atoms with van der Waals surface area (Å²) >= 11 is 7.35. The summed E-state index contributed by atoms with van der Waals surface area (Å²) in [7, 11) is 0. The van der Waals surface area contributed by atoms with Crippen molar-refractivity contribution in [1.29, 1.82) is 0 Å². The minimum absolute atomic E-state index is 0.195. The number of nitrogens with one attached hydrogen (secondary N) is 2. The van der Waals surface area contributed by atoms with E-state index in [4.69, 9.17) is 17.3 Å². The quantitative estimate of drug-likeness (QED) is 0.591. The van der Waals surface area contributed by atoms with Crippen LogP contribution in [0.25, 0.3) is 0 Å². The summed E-state index contributed by atoms with van der Waals surface area (Å²) < 4.78 is 0. The van der Waals surface area contributed by atoms with Crippen LogP contribution < -0.4 is 11.1 Å². The van der Waals surface area contributed by atoms with Gasteiger partial charge in [0.2, 0.25) is 17.0 Å². The van der Waals surface area contributed by atoms with E-state index in [1.807, 2.05) is 49.4 Å². The highest BCUT2D eigenvalue weighted by molar-refractivity contribution is 8.00. The van der Waals surface area contributed by atoms with Gasteiger partial charge in [-0.2, -0.15) is 4.98 Å². The summed E-state index contributed by atoms with van der Waals surface area (Å²) in [6, 6.07) is 14.8. The number of aromatic nitrogens is 3. The Morgan fingerprint density at radius 2 is 2.04 bits per heavy atom. The molecule has 1 heterocycles. The van der Waals surface area contributed by atoms with Crippen molar-refractivity contribution in [2.75, 3.05) is 11.1 Å². The van der Waals surface area contributed by atoms with Crippen LogP contribution in [0.2, 0.25) is 5.02 Å². The van der Waals surface area contributed by atoms with Gasteiger partial charge in [-0.05, 0) is 30.2 Å². The summed E-state index contributed by atoms with van der Waals surface area (Å²) in [5.41, 5.74) is 7.99. The van der Waals surface area contributed by atoms with Crippen LogP contribution in [0.15, 0.2) is 53.7 Å². The lowest BCUT2D eigenvalue weighted by Gasteiger charge is -2.16. The first-order chi connectivity index (χ1) is 12.0. The predicted molar refractivity (Wildman–Crippen MR) is 101 cm³/mol. The van der Waals surface area contributed by atoms with Crippen molar-refractivity contribution in [2.45, 2.75) is 17.3 Å². The minimum Gasteiger partial charge on any atom is -0.368 e. The van der Waals surface area contributed by atoms with Gasteiger partial charge in [-0.3, -0.25) is 4.79 Å². The standard InChI is InChI=1S/C17H16ClN5OS/c1-10-7-8-12(9-13(10)18)20-15(24)14(11-5-3-2-4-6-11)25-17-21-16(19)22-23-17/h2-9,14H,1H3,(H,20,24)(H3,19,21,22,23)/t14-/m0/s1. The number of anilines is 2. The van der Waals surface area contributed by atoms with Crippen molar-refractivity contribution in [1.82, 2.24) is 15.2 Å². The molecule has 128 valence electrons. The molecule has 3 rings (SSSR count). The second-order valence-electron chi connectivity index (χ2n) is 5.37. The van der Waals surface area contributed by atoms with E-state index in [0.29, 0.717) is 15.9 Å². The summed E-state index contributed by atoms with van der Waals surface area (Å²) in [6.45, 7) is 1.91. The fourth-order valence-corrected chi connectivity index (χ4v) is 3.30. The zero-order valence-electron chi connectivity index (χ0n) is 13.4. The molecule has 25 heavy (non-hydrogen) atoms. The van der Waals surface area contributed by atoms with E-state index in [2.05, 4.69) is 20.5 Å². The number of H-pyrrole nitrogens is 1. The molecule has 0 unspecified atom stereocenters. The number of carbonyl (C=O) groups is 1. The highest BCUT2D eigenvalue weighted by atomic mass is 35.5. The molecule has 0 aliphatic heterocycles. The van der Waals surface area contributed by atoms with Crippen LogP contribution in [0.1, 0.15) is 16.4 Å². The first-order valence-corrected chi connectivity index (χ1v) is 8.75.